The molecule has 2 aromatic rings. The highest BCUT2D eigenvalue weighted by Gasteiger charge is 2.38. The number of benzene rings is 2. The molecule has 1 aliphatic heterocycles. The van der Waals surface area contributed by atoms with Crippen LogP contribution in [0, 0.1) is 5.82 Å². The molecule has 1 amide bonds. The molecule has 4 rings (SSSR count). The predicted molar refractivity (Wildman–Crippen MR) is 100 cm³/mol. The zero-order chi connectivity index (χ0) is 17.9. The highest BCUT2D eigenvalue weighted by atomic mass is 19.1. The van der Waals surface area contributed by atoms with Gasteiger partial charge in [-0.25, -0.2) is 4.39 Å². The van der Waals surface area contributed by atoms with Gasteiger partial charge in [-0.05, 0) is 49.4 Å². The van der Waals surface area contributed by atoms with Crippen LogP contribution in [-0.4, -0.2) is 29.4 Å². The van der Waals surface area contributed by atoms with Crippen LogP contribution in [0.25, 0.3) is 0 Å². The second kappa shape index (κ2) is 7.58. The van der Waals surface area contributed by atoms with Gasteiger partial charge in [-0.3, -0.25) is 4.79 Å². The van der Waals surface area contributed by atoms with E-state index in [1.807, 2.05) is 12.1 Å². The number of carbonyl (C=O) groups excluding carboxylic acids is 1. The third kappa shape index (κ3) is 3.51. The molecule has 1 N–H and O–H groups in total. The number of fused-ring (bicyclic) bond motifs is 1. The van der Waals surface area contributed by atoms with Gasteiger partial charge in [0.1, 0.15) is 5.82 Å². The smallest absolute Gasteiger partial charge is 0.223 e. The number of nitrogens with zero attached hydrogens (tertiary/aromatic N) is 1. The summed E-state index contributed by atoms with van der Waals surface area (Å²) in [6, 6.07) is 16.0. The van der Waals surface area contributed by atoms with Crippen LogP contribution >= 0.6 is 0 Å². The van der Waals surface area contributed by atoms with Crippen molar-refractivity contribution >= 4 is 5.91 Å². The van der Waals surface area contributed by atoms with E-state index in [2.05, 4.69) is 34.5 Å². The van der Waals surface area contributed by atoms with Crippen LogP contribution in [0.4, 0.5) is 4.39 Å². The van der Waals surface area contributed by atoms with E-state index in [4.69, 9.17) is 0 Å². The molecular formula is C22H25FN2O. The Morgan fingerprint density at radius 2 is 1.73 bits per heavy atom. The summed E-state index contributed by atoms with van der Waals surface area (Å²) in [5.74, 6) is 0.128. The Labute approximate surface area is 154 Å². The second-order valence-electron chi connectivity index (χ2n) is 7.38. The highest BCUT2D eigenvalue weighted by Crippen LogP contribution is 2.32. The van der Waals surface area contributed by atoms with E-state index < -0.39 is 0 Å². The Kier molecular flexibility index (Phi) is 5.02. The van der Waals surface area contributed by atoms with Gasteiger partial charge in [0.15, 0.2) is 0 Å². The van der Waals surface area contributed by atoms with Gasteiger partial charge in [0, 0.05) is 30.6 Å². The minimum atomic E-state index is -0.165. The fourth-order valence-electron chi connectivity index (χ4n) is 4.41. The zero-order valence-electron chi connectivity index (χ0n) is 15.0. The monoisotopic (exact) mass is 352 g/mol. The summed E-state index contributed by atoms with van der Waals surface area (Å²) in [5.41, 5.74) is 3.46. The van der Waals surface area contributed by atoms with Crippen molar-refractivity contribution in [3.05, 3.63) is 71.0 Å². The molecule has 1 saturated heterocycles. The molecule has 4 heteroatoms. The number of likely N-dealkylation sites (tertiary alicyclic amines) is 1. The summed E-state index contributed by atoms with van der Waals surface area (Å²) >= 11 is 0. The Bertz CT molecular complexity index is 766. The van der Waals surface area contributed by atoms with Crippen LogP contribution in [0.3, 0.4) is 0 Å². The number of rotatable bonds is 6. The van der Waals surface area contributed by atoms with E-state index in [-0.39, 0.29) is 5.82 Å². The quantitative estimate of drug-likeness (QED) is 0.808. The molecule has 26 heavy (non-hydrogen) atoms. The Morgan fingerprint density at radius 3 is 2.46 bits per heavy atom. The first-order valence-electron chi connectivity index (χ1n) is 9.54. The van der Waals surface area contributed by atoms with Gasteiger partial charge in [-0.15, -0.1) is 0 Å². The minimum absolute atomic E-state index is 0.165. The minimum Gasteiger partial charge on any atom is -0.336 e. The molecule has 2 aliphatic rings. The van der Waals surface area contributed by atoms with Crippen molar-refractivity contribution in [2.45, 2.75) is 50.7 Å². The van der Waals surface area contributed by atoms with Crippen LogP contribution in [0.2, 0.25) is 0 Å². The fourth-order valence-corrected chi connectivity index (χ4v) is 4.41. The maximum atomic E-state index is 13.7. The van der Waals surface area contributed by atoms with Gasteiger partial charge >= 0.3 is 0 Å². The van der Waals surface area contributed by atoms with E-state index in [9.17, 15) is 9.18 Å². The van der Waals surface area contributed by atoms with E-state index in [0.717, 1.165) is 32.2 Å². The number of hydrogen-bond acceptors (Lipinski definition) is 2. The molecule has 1 atom stereocenters. The molecular weight excluding hydrogens is 327 g/mol. The largest absolute Gasteiger partial charge is 0.336 e. The summed E-state index contributed by atoms with van der Waals surface area (Å²) in [7, 11) is 0. The first kappa shape index (κ1) is 17.2. The number of amides is 1. The van der Waals surface area contributed by atoms with Crippen molar-refractivity contribution in [2.24, 2.45) is 0 Å². The molecule has 0 bridgehead atoms. The van der Waals surface area contributed by atoms with Crippen molar-refractivity contribution in [2.75, 3.05) is 6.54 Å². The summed E-state index contributed by atoms with van der Waals surface area (Å²) < 4.78 is 13.7. The van der Waals surface area contributed by atoms with Crippen LogP contribution in [0.1, 0.15) is 36.0 Å². The summed E-state index contributed by atoms with van der Waals surface area (Å²) in [6.45, 7) is 1.32. The SMILES string of the molecule is O=C1CC[C@H](CCNCc2ccccc2F)N1C1Cc2ccccc2C1. The molecule has 1 heterocycles. The standard InChI is InChI=1S/C22H25FN2O/c23-21-8-4-3-7-18(21)15-24-12-11-19-9-10-22(26)25(19)20-13-16-5-1-2-6-17(16)14-20/h1-8,19-20,24H,9-15H2/t19-/m1/s1. The summed E-state index contributed by atoms with van der Waals surface area (Å²) in [5, 5.41) is 3.33. The van der Waals surface area contributed by atoms with Gasteiger partial charge in [0.2, 0.25) is 5.91 Å². The Hall–Kier alpha value is -2.20. The molecule has 1 aliphatic carbocycles. The van der Waals surface area contributed by atoms with E-state index >= 15 is 0 Å². The molecule has 1 fully saturated rings. The van der Waals surface area contributed by atoms with Gasteiger partial charge < -0.3 is 10.2 Å². The number of nitrogens with one attached hydrogen (secondary N) is 1. The Balaban J connectivity index is 1.32. The molecule has 0 aromatic heterocycles. The third-order valence-electron chi connectivity index (χ3n) is 5.72. The van der Waals surface area contributed by atoms with Crippen molar-refractivity contribution in [3.8, 4) is 0 Å². The average molecular weight is 352 g/mol. The van der Waals surface area contributed by atoms with Gasteiger partial charge in [-0.1, -0.05) is 42.5 Å². The van der Waals surface area contributed by atoms with Crippen LogP contribution in [-0.2, 0) is 24.2 Å². The third-order valence-corrected chi connectivity index (χ3v) is 5.72. The van der Waals surface area contributed by atoms with Gasteiger partial charge in [0.05, 0.1) is 0 Å². The Morgan fingerprint density at radius 1 is 1.04 bits per heavy atom. The molecule has 136 valence electrons. The lowest BCUT2D eigenvalue weighted by Crippen LogP contribution is -2.43. The lowest BCUT2D eigenvalue weighted by molar-refractivity contribution is -0.131. The summed E-state index contributed by atoms with van der Waals surface area (Å²) in [4.78, 5) is 14.6. The maximum absolute atomic E-state index is 13.7. The number of carbonyl (C=O) groups is 1. The van der Waals surface area contributed by atoms with Gasteiger partial charge in [-0.2, -0.15) is 0 Å². The molecule has 0 unspecified atom stereocenters. The average Bonchev–Trinajstić information content (AvgIpc) is 3.23. The fraction of sp³-hybridized carbons (Fsp3) is 0.409. The number of halogens is 1. The zero-order valence-corrected chi connectivity index (χ0v) is 15.0. The normalized spacial score (nSPS) is 20.0. The van der Waals surface area contributed by atoms with Crippen molar-refractivity contribution < 1.29 is 9.18 Å². The van der Waals surface area contributed by atoms with Crippen molar-refractivity contribution in [1.29, 1.82) is 0 Å². The van der Waals surface area contributed by atoms with E-state index in [1.54, 1.807) is 6.07 Å². The molecule has 0 saturated carbocycles. The lowest BCUT2D eigenvalue weighted by atomic mass is 10.1. The van der Waals surface area contributed by atoms with Gasteiger partial charge in [0.25, 0.3) is 0 Å². The molecule has 0 spiro atoms. The topological polar surface area (TPSA) is 32.3 Å². The molecule has 0 radical (unpaired) electrons. The molecule has 3 nitrogen and oxygen atoms in total. The van der Waals surface area contributed by atoms with E-state index in [0.29, 0.717) is 36.5 Å². The highest BCUT2D eigenvalue weighted by molar-refractivity contribution is 5.79. The molecule has 2 aromatic carbocycles. The maximum Gasteiger partial charge on any atom is 0.223 e. The number of hydrogen-bond donors (Lipinski definition) is 1. The first-order chi connectivity index (χ1) is 12.7. The van der Waals surface area contributed by atoms with Crippen LogP contribution in [0.5, 0.6) is 0 Å². The summed E-state index contributed by atoms with van der Waals surface area (Å²) in [6.07, 6.45) is 4.47. The van der Waals surface area contributed by atoms with Crippen LogP contribution in [0.15, 0.2) is 48.5 Å². The first-order valence-corrected chi connectivity index (χ1v) is 9.54. The van der Waals surface area contributed by atoms with Crippen LogP contribution < -0.4 is 5.32 Å². The second-order valence-corrected chi connectivity index (χ2v) is 7.38. The predicted octanol–water partition coefficient (Wildman–Crippen LogP) is 3.46. The van der Waals surface area contributed by atoms with Crippen molar-refractivity contribution in [3.63, 3.8) is 0 Å². The lowest BCUT2D eigenvalue weighted by Gasteiger charge is -2.31. The van der Waals surface area contributed by atoms with E-state index in [1.165, 1.54) is 17.2 Å². The van der Waals surface area contributed by atoms with Crippen molar-refractivity contribution in [1.82, 2.24) is 10.2 Å².